The van der Waals surface area contributed by atoms with E-state index >= 15 is 0 Å². The Bertz CT molecular complexity index is 348. The summed E-state index contributed by atoms with van der Waals surface area (Å²) in [6.07, 6.45) is 0. The second-order valence-electron chi connectivity index (χ2n) is 1.93. The molecule has 0 saturated heterocycles. The van der Waals surface area contributed by atoms with Crippen molar-refractivity contribution in [1.82, 2.24) is 0 Å². The van der Waals surface area contributed by atoms with Crippen LogP contribution in [0.3, 0.4) is 0 Å². The van der Waals surface area contributed by atoms with Gasteiger partial charge in [-0.1, -0.05) is 0 Å². The van der Waals surface area contributed by atoms with Gasteiger partial charge in [0.05, 0.1) is 0 Å². The molecule has 0 aliphatic heterocycles. The molecule has 0 amide bonds. The second kappa shape index (κ2) is 4.74. The molecule has 62 valence electrons. The van der Waals surface area contributed by atoms with Gasteiger partial charge in [0, 0.05) is 0 Å². The number of rotatable bonds is 1. The van der Waals surface area contributed by atoms with Crippen LogP contribution < -0.4 is 0 Å². The summed E-state index contributed by atoms with van der Waals surface area (Å²) in [6.45, 7) is 0. The first-order valence-corrected chi connectivity index (χ1v) is 6.47. The van der Waals surface area contributed by atoms with Crippen molar-refractivity contribution in [2.75, 3.05) is 0 Å². The molecule has 0 aromatic heterocycles. The summed E-state index contributed by atoms with van der Waals surface area (Å²) < 4.78 is 33.9. The third-order valence-corrected chi connectivity index (χ3v) is 3.31. The van der Waals surface area contributed by atoms with Crippen molar-refractivity contribution in [3.8, 4) is 0 Å². The van der Waals surface area contributed by atoms with Crippen LogP contribution in [0.2, 0.25) is 0 Å². The van der Waals surface area contributed by atoms with Crippen molar-refractivity contribution in [2.24, 2.45) is 0 Å². The fourth-order valence-corrected chi connectivity index (χ4v) is 1.85. The van der Waals surface area contributed by atoms with Gasteiger partial charge < -0.3 is 0 Å². The molecule has 0 aliphatic carbocycles. The van der Waals surface area contributed by atoms with Crippen LogP contribution >= 0.6 is 0 Å². The number of halogens is 1. The summed E-state index contributed by atoms with van der Waals surface area (Å²) in [7, 11) is -3.25. The van der Waals surface area contributed by atoms with E-state index in [0.717, 1.165) is 12.1 Å². The minimum atomic E-state index is -3.25. The second-order valence-corrected chi connectivity index (χ2v) is 6.38. The van der Waals surface area contributed by atoms with E-state index in [0.29, 0.717) is 0 Å². The predicted octanol–water partition coefficient (Wildman–Crippen LogP) is -0.233. The third kappa shape index (κ3) is 3.56. The molecule has 0 atom stereocenters. The third-order valence-electron chi connectivity index (χ3n) is 1.11. The van der Waals surface area contributed by atoms with Crippen molar-refractivity contribution in [1.29, 1.82) is 0 Å². The standard InChI is InChI=1S/C6H5FO2SSe.Na.H/c7-5-1-3-6(4-2-5)10(8,9)11;;/h1-4H,(H,8,9,11);;. The monoisotopic (exact) mass is 264 g/mol. The minimum absolute atomic E-state index is 0. The zero-order chi connectivity index (χ0) is 8.48. The number of hydrogen-bond acceptors (Lipinski definition) is 2. The maximum absolute atomic E-state index is 12.3. The molecule has 1 aromatic rings. The topological polar surface area (TPSA) is 34.1 Å². The molecule has 12 heavy (non-hydrogen) atoms. The molecule has 6 heteroatoms. The van der Waals surface area contributed by atoms with Gasteiger partial charge in [0.25, 0.3) is 0 Å². The molecule has 1 rings (SSSR count). The summed E-state index contributed by atoms with van der Waals surface area (Å²) in [5.41, 5.74) is 0. The molecular weight excluding hydrogens is 257 g/mol. The molecule has 0 bridgehead atoms. The van der Waals surface area contributed by atoms with E-state index in [2.05, 4.69) is 0 Å². The van der Waals surface area contributed by atoms with Gasteiger partial charge in [-0.25, -0.2) is 0 Å². The Morgan fingerprint density at radius 3 is 1.92 bits per heavy atom. The van der Waals surface area contributed by atoms with Crippen LogP contribution in [0.15, 0.2) is 29.2 Å². The van der Waals surface area contributed by atoms with Gasteiger partial charge in [-0.05, 0) is 0 Å². The van der Waals surface area contributed by atoms with Crippen LogP contribution in [0.5, 0.6) is 0 Å². The Kier molecular flexibility index (Phi) is 4.99. The first-order chi connectivity index (χ1) is 5.00. The zero-order valence-electron chi connectivity index (χ0n) is 5.36. The zero-order valence-corrected chi connectivity index (χ0v) is 8.05. The normalized spacial score (nSPS) is 10.5. The molecule has 0 radical (unpaired) electrons. The van der Waals surface area contributed by atoms with Crippen molar-refractivity contribution in [2.45, 2.75) is 4.90 Å². The average molecular weight is 263 g/mol. The fourth-order valence-electron chi connectivity index (χ4n) is 0.607. The summed E-state index contributed by atoms with van der Waals surface area (Å²) in [5, 5.41) is 0. The van der Waals surface area contributed by atoms with Gasteiger partial charge in [0.15, 0.2) is 0 Å². The summed E-state index contributed by atoms with van der Waals surface area (Å²) in [4.78, 5) is 0.110. The van der Waals surface area contributed by atoms with Crippen molar-refractivity contribution in [3.05, 3.63) is 30.1 Å². The van der Waals surface area contributed by atoms with E-state index in [1.165, 1.54) is 12.1 Å². The van der Waals surface area contributed by atoms with Crippen LogP contribution in [0.4, 0.5) is 4.39 Å². The summed E-state index contributed by atoms with van der Waals surface area (Å²) >= 11 is 1.54. The number of hydrogen-bond donors (Lipinski definition) is 0. The molecule has 0 heterocycles. The molecule has 0 saturated carbocycles. The van der Waals surface area contributed by atoms with Crippen LogP contribution in [-0.2, 0) is 8.26 Å². The predicted molar refractivity (Wildman–Crippen MR) is 47.9 cm³/mol. The summed E-state index contributed by atoms with van der Waals surface area (Å²) in [6, 6.07) is 4.67. The first kappa shape index (κ1) is 12.6. The van der Waals surface area contributed by atoms with E-state index < -0.39 is 14.1 Å². The SMILES string of the molecule is O=S(=O)([SeH])c1ccc(F)cc1.[NaH]. The van der Waals surface area contributed by atoms with E-state index in [9.17, 15) is 12.8 Å². The van der Waals surface area contributed by atoms with Crippen molar-refractivity contribution in [3.63, 3.8) is 0 Å². The van der Waals surface area contributed by atoms with Crippen LogP contribution in [0, 0.1) is 5.82 Å². The van der Waals surface area contributed by atoms with Gasteiger partial charge in [0.2, 0.25) is 0 Å². The van der Waals surface area contributed by atoms with Crippen molar-refractivity contribution >= 4 is 52.7 Å². The molecule has 0 aliphatic rings. The molecule has 0 N–H and O–H groups in total. The Morgan fingerprint density at radius 2 is 1.58 bits per heavy atom. The Hall–Kier alpha value is 0.619. The van der Waals surface area contributed by atoms with Crippen LogP contribution in [0.25, 0.3) is 0 Å². The molecule has 0 unspecified atom stereocenters. The van der Waals surface area contributed by atoms with E-state index in [1.807, 2.05) is 0 Å². The van der Waals surface area contributed by atoms with Crippen molar-refractivity contribution < 1.29 is 12.8 Å². The van der Waals surface area contributed by atoms with Gasteiger partial charge in [-0.15, -0.1) is 0 Å². The van der Waals surface area contributed by atoms with E-state index in [1.54, 1.807) is 14.9 Å². The Balaban J connectivity index is 0.00000121. The van der Waals surface area contributed by atoms with Crippen LogP contribution in [-0.4, -0.2) is 52.9 Å². The van der Waals surface area contributed by atoms with Gasteiger partial charge in [-0.2, -0.15) is 0 Å². The molecule has 2 nitrogen and oxygen atoms in total. The van der Waals surface area contributed by atoms with Gasteiger partial charge in [-0.3, -0.25) is 0 Å². The Morgan fingerprint density at radius 1 is 1.17 bits per heavy atom. The average Bonchev–Trinajstić information content (AvgIpc) is 1.86. The summed E-state index contributed by atoms with van der Waals surface area (Å²) in [5.74, 6) is -0.440. The molecule has 0 spiro atoms. The quantitative estimate of drug-likeness (QED) is 0.656. The van der Waals surface area contributed by atoms with Gasteiger partial charge in [0.1, 0.15) is 0 Å². The van der Waals surface area contributed by atoms with Gasteiger partial charge >= 0.3 is 100 Å². The first-order valence-electron chi connectivity index (χ1n) is 2.73. The number of benzene rings is 1. The van der Waals surface area contributed by atoms with E-state index in [4.69, 9.17) is 0 Å². The molecule has 0 fully saturated rings. The Labute approximate surface area is 99.6 Å². The van der Waals surface area contributed by atoms with E-state index in [-0.39, 0.29) is 34.5 Å². The molecule has 1 aromatic carbocycles. The molecular formula is C6H6FNaO2SSe. The maximum atomic E-state index is 12.3. The van der Waals surface area contributed by atoms with Crippen LogP contribution in [0.1, 0.15) is 0 Å². The fraction of sp³-hybridized carbons (Fsp3) is 0.